The highest BCUT2D eigenvalue weighted by atomic mass is 16.2. The highest BCUT2D eigenvalue weighted by Crippen LogP contribution is 2.17. The molecule has 0 spiro atoms. The van der Waals surface area contributed by atoms with Crippen molar-refractivity contribution < 1.29 is 9.59 Å². The first kappa shape index (κ1) is 20.1. The van der Waals surface area contributed by atoms with Gasteiger partial charge in [0.2, 0.25) is 5.91 Å². The van der Waals surface area contributed by atoms with E-state index in [-0.39, 0.29) is 18.4 Å². The van der Waals surface area contributed by atoms with Gasteiger partial charge in [0, 0.05) is 30.6 Å². The van der Waals surface area contributed by atoms with Gasteiger partial charge in [-0.1, -0.05) is 43.2 Å². The van der Waals surface area contributed by atoms with Gasteiger partial charge in [-0.25, -0.2) is 0 Å². The number of amides is 2. The van der Waals surface area contributed by atoms with Crippen LogP contribution in [0.15, 0.2) is 54.7 Å². The third-order valence-electron chi connectivity index (χ3n) is 5.69. The number of likely N-dealkylation sites (tertiary alicyclic amines) is 1. The Hall–Kier alpha value is -3.15. The molecule has 6 heteroatoms. The van der Waals surface area contributed by atoms with Crippen molar-refractivity contribution in [3.8, 4) is 0 Å². The number of aromatic nitrogens is 2. The molecule has 2 heterocycles. The minimum absolute atomic E-state index is 0.0961. The van der Waals surface area contributed by atoms with E-state index in [0.29, 0.717) is 12.1 Å². The fourth-order valence-electron chi connectivity index (χ4n) is 3.97. The fraction of sp³-hybridized carbons (Fsp3) is 0.375. The molecule has 2 aromatic carbocycles. The standard InChI is InChI=1S/C24H28N4O2/c29-23(27-14-6-1-2-7-15-27)18-28-22-11-10-20(16-21(22)17-26-28)24(30)25-13-12-19-8-4-3-5-9-19/h3-5,8-11,16-17H,1-2,6-7,12-15,18H2,(H,25,30). The molecule has 0 radical (unpaired) electrons. The maximum atomic E-state index is 12.7. The molecule has 1 aliphatic rings. The van der Waals surface area contributed by atoms with Crippen molar-refractivity contribution in [2.75, 3.05) is 19.6 Å². The molecule has 4 rings (SSSR count). The molecule has 1 saturated heterocycles. The largest absolute Gasteiger partial charge is 0.352 e. The number of carbonyl (C=O) groups is 2. The molecule has 2 amide bonds. The van der Waals surface area contributed by atoms with Crippen LogP contribution in [-0.2, 0) is 17.8 Å². The van der Waals surface area contributed by atoms with Crippen LogP contribution in [0.2, 0.25) is 0 Å². The molecule has 0 aliphatic carbocycles. The van der Waals surface area contributed by atoms with Gasteiger partial charge in [-0.2, -0.15) is 5.10 Å². The van der Waals surface area contributed by atoms with Gasteiger partial charge in [0.15, 0.2) is 0 Å². The van der Waals surface area contributed by atoms with Gasteiger partial charge in [-0.15, -0.1) is 0 Å². The van der Waals surface area contributed by atoms with Crippen LogP contribution in [0, 0.1) is 0 Å². The molecule has 0 atom stereocenters. The number of nitrogens with zero attached hydrogens (tertiary/aromatic N) is 3. The first-order chi connectivity index (χ1) is 14.7. The highest BCUT2D eigenvalue weighted by Gasteiger charge is 2.17. The predicted octanol–water partition coefficient (Wildman–Crippen LogP) is 3.41. The van der Waals surface area contributed by atoms with E-state index in [1.165, 1.54) is 18.4 Å². The summed E-state index contributed by atoms with van der Waals surface area (Å²) in [7, 11) is 0. The van der Waals surface area contributed by atoms with Crippen LogP contribution < -0.4 is 5.32 Å². The average molecular weight is 405 g/mol. The Labute approximate surface area is 176 Å². The highest BCUT2D eigenvalue weighted by molar-refractivity contribution is 5.98. The molecule has 1 N–H and O–H groups in total. The zero-order valence-electron chi connectivity index (χ0n) is 17.2. The number of hydrogen-bond donors (Lipinski definition) is 1. The minimum Gasteiger partial charge on any atom is -0.352 e. The van der Waals surface area contributed by atoms with Crippen LogP contribution in [0.3, 0.4) is 0 Å². The summed E-state index contributed by atoms with van der Waals surface area (Å²) >= 11 is 0. The van der Waals surface area contributed by atoms with Gasteiger partial charge < -0.3 is 10.2 Å². The zero-order chi connectivity index (χ0) is 20.8. The molecular formula is C24H28N4O2. The van der Waals surface area contributed by atoms with E-state index < -0.39 is 0 Å². The lowest BCUT2D eigenvalue weighted by Crippen LogP contribution is -2.34. The molecule has 1 fully saturated rings. The first-order valence-electron chi connectivity index (χ1n) is 10.8. The van der Waals surface area contributed by atoms with Crippen molar-refractivity contribution in [2.45, 2.75) is 38.6 Å². The molecule has 0 bridgehead atoms. The minimum atomic E-state index is -0.0961. The summed E-state index contributed by atoms with van der Waals surface area (Å²) in [6.07, 6.45) is 7.08. The van der Waals surface area contributed by atoms with E-state index in [2.05, 4.69) is 22.5 Å². The van der Waals surface area contributed by atoms with Crippen molar-refractivity contribution in [2.24, 2.45) is 0 Å². The molecule has 0 unspecified atom stereocenters. The summed E-state index contributed by atoms with van der Waals surface area (Å²) in [6.45, 7) is 2.51. The van der Waals surface area contributed by atoms with Gasteiger partial charge in [-0.05, 0) is 43.0 Å². The number of benzene rings is 2. The maximum absolute atomic E-state index is 12.7. The van der Waals surface area contributed by atoms with Crippen LogP contribution in [-0.4, -0.2) is 46.1 Å². The van der Waals surface area contributed by atoms with Gasteiger partial charge in [-0.3, -0.25) is 14.3 Å². The Balaban J connectivity index is 1.37. The van der Waals surface area contributed by atoms with Crippen molar-refractivity contribution >= 4 is 22.7 Å². The third kappa shape index (κ3) is 4.87. The van der Waals surface area contributed by atoms with Crippen LogP contribution in [0.5, 0.6) is 0 Å². The van der Waals surface area contributed by atoms with Crippen molar-refractivity contribution in [3.63, 3.8) is 0 Å². The predicted molar refractivity (Wildman–Crippen MR) is 117 cm³/mol. The molecule has 3 aromatic rings. The monoisotopic (exact) mass is 404 g/mol. The molecular weight excluding hydrogens is 376 g/mol. The van der Waals surface area contributed by atoms with Gasteiger partial charge in [0.1, 0.15) is 6.54 Å². The van der Waals surface area contributed by atoms with Crippen LogP contribution >= 0.6 is 0 Å². The van der Waals surface area contributed by atoms with E-state index in [0.717, 1.165) is 43.3 Å². The second-order valence-electron chi connectivity index (χ2n) is 7.86. The summed E-state index contributed by atoms with van der Waals surface area (Å²) in [5, 5.41) is 8.24. The topological polar surface area (TPSA) is 67.2 Å². The lowest BCUT2D eigenvalue weighted by molar-refractivity contribution is -0.131. The van der Waals surface area contributed by atoms with Crippen LogP contribution in [0.25, 0.3) is 10.9 Å². The summed E-state index contributed by atoms with van der Waals surface area (Å²) in [5.74, 6) is 0.0193. The van der Waals surface area contributed by atoms with E-state index in [4.69, 9.17) is 0 Å². The third-order valence-corrected chi connectivity index (χ3v) is 5.69. The Morgan fingerprint density at radius 3 is 2.50 bits per heavy atom. The second kappa shape index (κ2) is 9.57. The lowest BCUT2D eigenvalue weighted by atomic mass is 10.1. The Morgan fingerprint density at radius 2 is 1.73 bits per heavy atom. The molecule has 0 saturated carbocycles. The number of rotatable bonds is 6. The van der Waals surface area contributed by atoms with Crippen molar-refractivity contribution in [3.05, 3.63) is 65.9 Å². The molecule has 156 valence electrons. The second-order valence-corrected chi connectivity index (χ2v) is 7.86. The number of hydrogen-bond acceptors (Lipinski definition) is 3. The SMILES string of the molecule is O=C(NCCc1ccccc1)c1ccc2c(cnn2CC(=O)N2CCCCCC2)c1. The first-order valence-corrected chi connectivity index (χ1v) is 10.8. The summed E-state index contributed by atoms with van der Waals surface area (Å²) in [5.41, 5.74) is 2.68. The van der Waals surface area contributed by atoms with Gasteiger partial charge in [0.25, 0.3) is 5.91 Å². The van der Waals surface area contributed by atoms with E-state index >= 15 is 0 Å². The Kier molecular flexibility index (Phi) is 6.42. The van der Waals surface area contributed by atoms with Gasteiger partial charge in [0.05, 0.1) is 11.7 Å². The average Bonchev–Trinajstić information content (AvgIpc) is 2.98. The quantitative estimate of drug-likeness (QED) is 0.685. The number of fused-ring (bicyclic) bond motifs is 1. The normalized spacial score (nSPS) is 14.5. The van der Waals surface area contributed by atoms with E-state index in [1.807, 2.05) is 35.2 Å². The number of carbonyl (C=O) groups excluding carboxylic acids is 2. The Bertz CT molecular complexity index is 1000. The molecule has 1 aliphatic heterocycles. The van der Waals surface area contributed by atoms with Crippen molar-refractivity contribution in [1.29, 1.82) is 0 Å². The van der Waals surface area contributed by atoms with Crippen LogP contribution in [0.4, 0.5) is 0 Å². The summed E-state index contributed by atoms with van der Waals surface area (Å²) in [4.78, 5) is 27.1. The molecule has 1 aromatic heterocycles. The van der Waals surface area contributed by atoms with Crippen LogP contribution in [0.1, 0.15) is 41.6 Å². The summed E-state index contributed by atoms with van der Waals surface area (Å²) < 4.78 is 1.74. The summed E-state index contributed by atoms with van der Waals surface area (Å²) in [6, 6.07) is 15.6. The Morgan fingerprint density at radius 1 is 0.967 bits per heavy atom. The molecule has 30 heavy (non-hydrogen) atoms. The smallest absolute Gasteiger partial charge is 0.251 e. The van der Waals surface area contributed by atoms with E-state index in [1.54, 1.807) is 16.9 Å². The lowest BCUT2D eigenvalue weighted by Gasteiger charge is -2.20. The fourth-order valence-corrected chi connectivity index (χ4v) is 3.97. The van der Waals surface area contributed by atoms with E-state index in [9.17, 15) is 9.59 Å². The molecule has 6 nitrogen and oxygen atoms in total. The van der Waals surface area contributed by atoms with Gasteiger partial charge >= 0.3 is 0 Å². The zero-order valence-corrected chi connectivity index (χ0v) is 17.2. The maximum Gasteiger partial charge on any atom is 0.251 e. The number of nitrogens with one attached hydrogen (secondary N) is 1. The van der Waals surface area contributed by atoms with Crippen molar-refractivity contribution in [1.82, 2.24) is 20.0 Å².